The van der Waals surface area contributed by atoms with Crippen LogP contribution in [-0.2, 0) is 16.2 Å². The van der Waals surface area contributed by atoms with Crippen LogP contribution in [0.3, 0.4) is 0 Å². The van der Waals surface area contributed by atoms with Crippen molar-refractivity contribution in [1.82, 2.24) is 15.2 Å². The summed E-state index contributed by atoms with van der Waals surface area (Å²) in [6.07, 6.45) is 3.30. The van der Waals surface area contributed by atoms with Crippen molar-refractivity contribution in [1.29, 1.82) is 0 Å². The third kappa shape index (κ3) is 4.20. The van der Waals surface area contributed by atoms with Crippen LogP contribution in [0.25, 0.3) is 0 Å². The van der Waals surface area contributed by atoms with E-state index in [-0.39, 0.29) is 17.4 Å². The summed E-state index contributed by atoms with van der Waals surface area (Å²) in [5.74, 6) is 0.139. The average Bonchev–Trinajstić information content (AvgIpc) is 3.43. The van der Waals surface area contributed by atoms with Gasteiger partial charge in [0.1, 0.15) is 10.7 Å². The molecular weight excluding hydrogens is 360 g/mol. The van der Waals surface area contributed by atoms with Crippen LogP contribution in [0.2, 0.25) is 0 Å². The van der Waals surface area contributed by atoms with Crippen molar-refractivity contribution < 1.29 is 9.63 Å². The normalized spacial score (nSPS) is 23.2. The fourth-order valence-electron chi connectivity index (χ4n) is 3.69. The van der Waals surface area contributed by atoms with E-state index in [1.54, 1.807) is 11.3 Å². The van der Waals surface area contributed by atoms with Gasteiger partial charge in [-0.1, -0.05) is 42.4 Å². The number of benzene rings is 1. The average molecular weight is 385 g/mol. The lowest BCUT2D eigenvalue weighted by molar-refractivity contribution is -0.115. The number of oxime groups is 1. The van der Waals surface area contributed by atoms with Crippen molar-refractivity contribution >= 4 is 23.0 Å². The molecule has 142 valence electrons. The number of nitrogens with one attached hydrogen (secondary N) is 1. The van der Waals surface area contributed by atoms with E-state index in [4.69, 9.17) is 4.84 Å². The van der Waals surface area contributed by atoms with Crippen LogP contribution in [-0.4, -0.2) is 46.7 Å². The molecule has 7 heteroatoms. The molecule has 0 radical (unpaired) electrons. The van der Waals surface area contributed by atoms with Crippen LogP contribution in [0.1, 0.15) is 36.3 Å². The van der Waals surface area contributed by atoms with Gasteiger partial charge in [0.05, 0.1) is 6.54 Å². The van der Waals surface area contributed by atoms with E-state index in [1.807, 2.05) is 29.8 Å². The van der Waals surface area contributed by atoms with Gasteiger partial charge in [-0.15, -0.1) is 11.3 Å². The van der Waals surface area contributed by atoms with Gasteiger partial charge in [-0.3, -0.25) is 9.69 Å². The van der Waals surface area contributed by atoms with Gasteiger partial charge in [0.25, 0.3) is 5.91 Å². The quantitative estimate of drug-likeness (QED) is 0.832. The SMILES string of the molecule is C[C@H](CNC(=O)C1=NO[C@]2(CCN(Cc3nccs3)C2)C1)c1ccccc1. The summed E-state index contributed by atoms with van der Waals surface area (Å²) in [7, 11) is 0. The number of thiazole rings is 1. The first-order chi connectivity index (χ1) is 13.1. The molecule has 1 aromatic heterocycles. The molecule has 0 unspecified atom stereocenters. The first-order valence-corrected chi connectivity index (χ1v) is 10.2. The number of rotatable bonds is 6. The molecule has 1 fully saturated rings. The zero-order chi connectivity index (χ0) is 18.7. The lowest BCUT2D eigenvalue weighted by atomic mass is 9.96. The fraction of sp³-hybridized carbons (Fsp3) is 0.450. The minimum absolute atomic E-state index is 0.118. The van der Waals surface area contributed by atoms with Crippen LogP contribution in [0.5, 0.6) is 0 Å². The standard InChI is InChI=1S/C20H24N4O2S/c1-15(16-5-3-2-4-6-16)12-22-19(25)17-11-20(26-23-17)7-9-24(14-20)13-18-21-8-10-27-18/h2-6,8,10,15H,7,9,11-14H2,1H3,(H,22,25)/t15-,20-/m1/s1. The van der Waals surface area contributed by atoms with E-state index < -0.39 is 0 Å². The number of carbonyl (C=O) groups is 1. The van der Waals surface area contributed by atoms with Crippen LogP contribution >= 0.6 is 11.3 Å². The molecule has 2 aliphatic rings. The first-order valence-electron chi connectivity index (χ1n) is 9.32. The number of nitrogens with zero attached hydrogens (tertiary/aromatic N) is 3. The molecule has 2 aromatic rings. The summed E-state index contributed by atoms with van der Waals surface area (Å²) in [6, 6.07) is 10.2. The molecule has 2 aliphatic heterocycles. The number of likely N-dealkylation sites (tertiary alicyclic amines) is 1. The highest BCUT2D eigenvalue weighted by Gasteiger charge is 2.46. The lowest BCUT2D eigenvalue weighted by Gasteiger charge is -2.21. The predicted octanol–water partition coefficient (Wildman–Crippen LogP) is 2.78. The van der Waals surface area contributed by atoms with Crippen molar-refractivity contribution in [2.75, 3.05) is 19.6 Å². The number of aromatic nitrogens is 1. The Morgan fingerprint density at radius 3 is 3.04 bits per heavy atom. The minimum atomic E-state index is -0.352. The molecule has 4 rings (SSSR count). The highest BCUT2D eigenvalue weighted by molar-refractivity contribution is 7.09. The van der Waals surface area contributed by atoms with E-state index in [2.05, 4.69) is 39.4 Å². The summed E-state index contributed by atoms with van der Waals surface area (Å²) >= 11 is 1.67. The predicted molar refractivity (Wildman–Crippen MR) is 106 cm³/mol. The second-order valence-electron chi connectivity index (χ2n) is 7.40. The van der Waals surface area contributed by atoms with E-state index >= 15 is 0 Å². The monoisotopic (exact) mass is 384 g/mol. The molecule has 27 heavy (non-hydrogen) atoms. The highest BCUT2D eigenvalue weighted by Crippen LogP contribution is 2.34. The molecule has 2 atom stereocenters. The van der Waals surface area contributed by atoms with Gasteiger partial charge in [-0.25, -0.2) is 4.98 Å². The van der Waals surface area contributed by atoms with Gasteiger partial charge in [-0.2, -0.15) is 0 Å². The minimum Gasteiger partial charge on any atom is -0.387 e. The third-order valence-electron chi connectivity index (χ3n) is 5.28. The smallest absolute Gasteiger partial charge is 0.269 e. The van der Waals surface area contributed by atoms with Crippen LogP contribution in [0, 0.1) is 0 Å². The van der Waals surface area contributed by atoms with Crippen molar-refractivity contribution in [2.45, 2.75) is 37.8 Å². The maximum Gasteiger partial charge on any atom is 0.269 e. The van der Waals surface area contributed by atoms with Gasteiger partial charge >= 0.3 is 0 Å². The van der Waals surface area contributed by atoms with E-state index in [0.29, 0.717) is 18.7 Å². The topological polar surface area (TPSA) is 66.8 Å². The Hall–Kier alpha value is -2.25. The number of hydrogen-bond acceptors (Lipinski definition) is 6. The summed E-state index contributed by atoms with van der Waals surface area (Å²) in [6.45, 7) is 5.25. The van der Waals surface area contributed by atoms with Gasteiger partial charge in [0, 0.05) is 44.1 Å². The Bertz CT molecular complexity index is 809. The molecule has 1 aromatic carbocycles. The van der Waals surface area contributed by atoms with Crippen molar-refractivity contribution in [3.63, 3.8) is 0 Å². The van der Waals surface area contributed by atoms with E-state index in [0.717, 1.165) is 31.1 Å². The summed E-state index contributed by atoms with van der Waals surface area (Å²) in [5.41, 5.74) is 1.37. The number of carbonyl (C=O) groups excluding carboxylic acids is 1. The lowest BCUT2D eigenvalue weighted by Crippen LogP contribution is -2.37. The summed E-state index contributed by atoms with van der Waals surface area (Å²) in [5, 5.41) is 10.2. The van der Waals surface area contributed by atoms with Crippen LogP contribution in [0.4, 0.5) is 0 Å². The summed E-state index contributed by atoms with van der Waals surface area (Å²) < 4.78 is 0. The van der Waals surface area contributed by atoms with Gasteiger partial charge in [0.15, 0.2) is 5.60 Å². The second kappa shape index (κ2) is 7.78. The summed E-state index contributed by atoms with van der Waals surface area (Å²) in [4.78, 5) is 24.9. The molecule has 1 N–H and O–H groups in total. The Kier molecular flexibility index (Phi) is 5.22. The van der Waals surface area contributed by atoms with E-state index in [9.17, 15) is 4.79 Å². The molecule has 0 bridgehead atoms. The Balaban J connectivity index is 1.27. The zero-order valence-electron chi connectivity index (χ0n) is 15.4. The zero-order valence-corrected chi connectivity index (χ0v) is 16.2. The largest absolute Gasteiger partial charge is 0.387 e. The number of hydrogen-bond donors (Lipinski definition) is 1. The highest BCUT2D eigenvalue weighted by atomic mass is 32.1. The van der Waals surface area contributed by atoms with Crippen molar-refractivity contribution in [3.8, 4) is 0 Å². The molecule has 0 aliphatic carbocycles. The molecule has 0 saturated carbocycles. The van der Waals surface area contributed by atoms with Crippen LogP contribution in [0.15, 0.2) is 47.1 Å². The molecule has 3 heterocycles. The Morgan fingerprint density at radius 1 is 1.41 bits per heavy atom. The molecular formula is C20H24N4O2S. The van der Waals surface area contributed by atoms with Gasteiger partial charge < -0.3 is 10.2 Å². The molecule has 6 nitrogen and oxygen atoms in total. The third-order valence-corrected chi connectivity index (χ3v) is 6.04. The van der Waals surface area contributed by atoms with Crippen molar-refractivity contribution in [2.24, 2.45) is 5.16 Å². The Labute approximate surface area is 163 Å². The Morgan fingerprint density at radius 2 is 2.26 bits per heavy atom. The van der Waals surface area contributed by atoms with E-state index in [1.165, 1.54) is 5.56 Å². The van der Waals surface area contributed by atoms with Crippen molar-refractivity contribution in [3.05, 3.63) is 52.5 Å². The molecule has 1 saturated heterocycles. The first kappa shape index (κ1) is 18.1. The second-order valence-corrected chi connectivity index (χ2v) is 8.38. The molecule has 1 amide bonds. The van der Waals surface area contributed by atoms with Gasteiger partial charge in [-0.05, 0) is 11.5 Å². The maximum absolute atomic E-state index is 12.5. The fourth-order valence-corrected chi connectivity index (χ4v) is 4.35. The maximum atomic E-state index is 12.5. The molecule has 1 spiro atoms. The van der Waals surface area contributed by atoms with Gasteiger partial charge in [0.2, 0.25) is 0 Å². The number of amides is 1. The van der Waals surface area contributed by atoms with Crippen LogP contribution < -0.4 is 5.32 Å².